The van der Waals surface area contributed by atoms with Crippen molar-refractivity contribution in [2.75, 3.05) is 13.1 Å². The molecule has 1 aliphatic heterocycles. The maximum absolute atomic E-state index is 10.9. The molecule has 104 valence electrons. The van der Waals surface area contributed by atoms with E-state index in [-0.39, 0.29) is 0 Å². The van der Waals surface area contributed by atoms with Crippen LogP contribution in [0.3, 0.4) is 0 Å². The monoisotopic (exact) mass is 262 g/mol. The van der Waals surface area contributed by atoms with Crippen molar-refractivity contribution in [2.24, 2.45) is 5.73 Å². The normalized spacial score (nSPS) is 15.7. The summed E-state index contributed by atoms with van der Waals surface area (Å²) in [6, 6.07) is 10.1. The Morgan fingerprint density at radius 1 is 1.32 bits per heavy atom. The number of rotatable bonds is 3. The molecule has 3 N–H and O–H groups in total. The molecule has 4 nitrogen and oxygen atoms in total. The van der Waals surface area contributed by atoms with Gasteiger partial charge in [-0.1, -0.05) is 44.2 Å². The topological polar surface area (TPSA) is 66.6 Å². The Morgan fingerprint density at radius 2 is 1.95 bits per heavy atom. The van der Waals surface area contributed by atoms with Crippen LogP contribution in [0.5, 0.6) is 0 Å². The summed E-state index contributed by atoms with van der Waals surface area (Å²) in [7, 11) is 0. The number of nitrogens with two attached hydrogens (primary N) is 1. The second-order valence-corrected chi connectivity index (χ2v) is 4.26. The molecule has 1 heterocycles. The standard InChI is InChI=1S/C13H16N2O2.C2H6/c14-12-9-15(7-6-11(12)13(16)17)8-10-4-2-1-3-5-10;1-2/h1-5H,6-9,14H2,(H,16,17);1-2H3. The second-order valence-electron chi connectivity index (χ2n) is 4.26. The number of benzene rings is 1. The zero-order chi connectivity index (χ0) is 14.3. The van der Waals surface area contributed by atoms with Gasteiger partial charge in [0.25, 0.3) is 0 Å². The van der Waals surface area contributed by atoms with Crippen LogP contribution in [0.2, 0.25) is 0 Å². The molecular formula is C15H22N2O2. The van der Waals surface area contributed by atoms with Crippen molar-refractivity contribution in [3.8, 4) is 0 Å². The van der Waals surface area contributed by atoms with Gasteiger partial charge in [0, 0.05) is 25.3 Å². The van der Waals surface area contributed by atoms with E-state index in [1.807, 2.05) is 32.0 Å². The molecule has 0 bridgehead atoms. The molecule has 0 saturated heterocycles. The highest BCUT2D eigenvalue weighted by Gasteiger charge is 2.21. The van der Waals surface area contributed by atoms with E-state index in [0.29, 0.717) is 24.2 Å². The summed E-state index contributed by atoms with van der Waals surface area (Å²) in [6.45, 7) is 6.10. The van der Waals surface area contributed by atoms with Gasteiger partial charge in [0.1, 0.15) is 0 Å². The summed E-state index contributed by atoms with van der Waals surface area (Å²) < 4.78 is 0. The number of aliphatic carboxylic acids is 1. The molecular weight excluding hydrogens is 240 g/mol. The molecule has 0 atom stereocenters. The number of carboxylic acids is 1. The first-order valence-electron chi connectivity index (χ1n) is 6.64. The van der Waals surface area contributed by atoms with E-state index in [9.17, 15) is 4.79 Å². The van der Waals surface area contributed by atoms with Crippen LogP contribution in [0.1, 0.15) is 25.8 Å². The van der Waals surface area contributed by atoms with Crippen molar-refractivity contribution in [1.82, 2.24) is 4.90 Å². The van der Waals surface area contributed by atoms with Gasteiger partial charge in [-0.25, -0.2) is 4.79 Å². The third kappa shape index (κ3) is 4.41. The van der Waals surface area contributed by atoms with Crippen LogP contribution in [0.4, 0.5) is 0 Å². The molecule has 4 heteroatoms. The predicted octanol–water partition coefficient (Wildman–Crippen LogP) is 2.22. The Morgan fingerprint density at radius 3 is 2.47 bits per heavy atom. The van der Waals surface area contributed by atoms with Crippen LogP contribution in [-0.4, -0.2) is 29.1 Å². The second kappa shape index (κ2) is 7.59. The molecule has 1 aromatic carbocycles. The predicted molar refractivity (Wildman–Crippen MR) is 76.5 cm³/mol. The zero-order valence-corrected chi connectivity index (χ0v) is 11.6. The van der Waals surface area contributed by atoms with E-state index in [4.69, 9.17) is 10.8 Å². The minimum absolute atomic E-state index is 0.370. The van der Waals surface area contributed by atoms with Crippen LogP contribution in [-0.2, 0) is 11.3 Å². The highest BCUT2D eigenvalue weighted by molar-refractivity contribution is 5.87. The number of hydrogen-bond donors (Lipinski definition) is 2. The average Bonchev–Trinajstić information content (AvgIpc) is 2.42. The van der Waals surface area contributed by atoms with Crippen molar-refractivity contribution in [3.05, 3.63) is 47.2 Å². The molecule has 19 heavy (non-hydrogen) atoms. The molecule has 0 spiro atoms. The fraction of sp³-hybridized carbons (Fsp3) is 0.400. The van der Waals surface area contributed by atoms with Gasteiger partial charge in [-0.2, -0.15) is 0 Å². The smallest absolute Gasteiger partial charge is 0.333 e. The first-order chi connectivity index (χ1) is 9.16. The lowest BCUT2D eigenvalue weighted by molar-refractivity contribution is -0.133. The van der Waals surface area contributed by atoms with E-state index in [1.54, 1.807) is 0 Å². The Kier molecular flexibility index (Phi) is 6.09. The zero-order valence-electron chi connectivity index (χ0n) is 11.6. The van der Waals surface area contributed by atoms with Gasteiger partial charge in [0.05, 0.1) is 5.57 Å². The summed E-state index contributed by atoms with van der Waals surface area (Å²) in [5, 5.41) is 8.93. The lowest BCUT2D eigenvalue weighted by Gasteiger charge is -2.27. The van der Waals surface area contributed by atoms with Gasteiger partial charge < -0.3 is 10.8 Å². The largest absolute Gasteiger partial charge is 0.478 e. The van der Waals surface area contributed by atoms with Gasteiger partial charge in [-0.05, 0) is 12.0 Å². The Bertz CT molecular complexity index is 441. The molecule has 0 fully saturated rings. The Labute approximate surface area is 114 Å². The van der Waals surface area contributed by atoms with Gasteiger partial charge in [0.2, 0.25) is 0 Å². The Balaban J connectivity index is 0.000000861. The molecule has 0 aliphatic carbocycles. The summed E-state index contributed by atoms with van der Waals surface area (Å²) in [5.41, 5.74) is 7.86. The first-order valence-corrected chi connectivity index (χ1v) is 6.64. The third-order valence-corrected chi connectivity index (χ3v) is 2.97. The number of carbonyl (C=O) groups is 1. The van der Waals surface area contributed by atoms with Crippen LogP contribution >= 0.6 is 0 Å². The Hall–Kier alpha value is -1.81. The van der Waals surface area contributed by atoms with Crippen molar-refractivity contribution in [1.29, 1.82) is 0 Å². The minimum atomic E-state index is -0.887. The summed E-state index contributed by atoms with van der Waals surface area (Å²) >= 11 is 0. The first kappa shape index (κ1) is 15.2. The van der Waals surface area contributed by atoms with Crippen LogP contribution in [0.25, 0.3) is 0 Å². The lowest BCUT2D eigenvalue weighted by Crippen LogP contribution is -2.35. The molecule has 2 rings (SSSR count). The molecule has 1 aliphatic rings. The molecule has 0 unspecified atom stereocenters. The molecule has 0 aromatic heterocycles. The minimum Gasteiger partial charge on any atom is -0.478 e. The van der Waals surface area contributed by atoms with Crippen molar-refractivity contribution < 1.29 is 9.90 Å². The number of carboxylic acid groups (broad SMARTS) is 1. The molecule has 0 amide bonds. The van der Waals surface area contributed by atoms with Gasteiger partial charge in [-0.3, -0.25) is 4.90 Å². The number of hydrogen-bond acceptors (Lipinski definition) is 3. The van der Waals surface area contributed by atoms with Crippen LogP contribution in [0.15, 0.2) is 41.6 Å². The fourth-order valence-electron chi connectivity index (χ4n) is 2.07. The summed E-state index contributed by atoms with van der Waals surface area (Å²) in [4.78, 5) is 13.0. The van der Waals surface area contributed by atoms with Crippen LogP contribution < -0.4 is 5.73 Å². The van der Waals surface area contributed by atoms with Crippen LogP contribution in [0, 0.1) is 0 Å². The highest BCUT2D eigenvalue weighted by Crippen LogP contribution is 2.16. The lowest BCUT2D eigenvalue weighted by atomic mass is 10.0. The highest BCUT2D eigenvalue weighted by atomic mass is 16.4. The van der Waals surface area contributed by atoms with E-state index < -0.39 is 5.97 Å². The molecule has 0 radical (unpaired) electrons. The third-order valence-electron chi connectivity index (χ3n) is 2.97. The van der Waals surface area contributed by atoms with Gasteiger partial charge in [0.15, 0.2) is 0 Å². The SMILES string of the molecule is CC.NC1=C(C(=O)O)CCN(Cc2ccccc2)C1. The van der Waals surface area contributed by atoms with Crippen molar-refractivity contribution in [2.45, 2.75) is 26.8 Å². The quantitative estimate of drug-likeness (QED) is 0.876. The van der Waals surface area contributed by atoms with Gasteiger partial charge >= 0.3 is 5.97 Å². The maximum atomic E-state index is 10.9. The van der Waals surface area contributed by atoms with E-state index >= 15 is 0 Å². The van der Waals surface area contributed by atoms with Gasteiger partial charge in [-0.15, -0.1) is 0 Å². The number of nitrogens with zero attached hydrogens (tertiary/aromatic N) is 1. The van der Waals surface area contributed by atoms with Crippen molar-refractivity contribution >= 4 is 5.97 Å². The van der Waals surface area contributed by atoms with E-state index in [0.717, 1.165) is 13.1 Å². The van der Waals surface area contributed by atoms with Crippen molar-refractivity contribution in [3.63, 3.8) is 0 Å². The fourth-order valence-corrected chi connectivity index (χ4v) is 2.07. The summed E-state index contributed by atoms with van der Waals surface area (Å²) in [6.07, 6.45) is 0.522. The van der Waals surface area contributed by atoms with E-state index in [2.05, 4.69) is 17.0 Å². The molecule has 0 saturated carbocycles. The van der Waals surface area contributed by atoms with E-state index in [1.165, 1.54) is 5.56 Å². The summed E-state index contributed by atoms with van der Waals surface area (Å²) in [5.74, 6) is -0.887. The molecule has 1 aromatic rings. The average molecular weight is 262 g/mol. The maximum Gasteiger partial charge on any atom is 0.333 e.